The van der Waals surface area contributed by atoms with Gasteiger partial charge in [0.1, 0.15) is 6.10 Å². The van der Waals surface area contributed by atoms with Crippen molar-refractivity contribution in [2.75, 3.05) is 6.79 Å². The third kappa shape index (κ3) is 3.58. The molecule has 2 heterocycles. The predicted octanol–water partition coefficient (Wildman–Crippen LogP) is 2.56. The van der Waals surface area contributed by atoms with E-state index in [0.29, 0.717) is 11.6 Å². The van der Waals surface area contributed by atoms with Crippen LogP contribution in [0.1, 0.15) is 51.1 Å². The number of hydrogen-bond donors (Lipinski definition) is 2. The lowest BCUT2D eigenvalue weighted by molar-refractivity contribution is 0.0948. The molecule has 1 aromatic heterocycles. The van der Waals surface area contributed by atoms with Gasteiger partial charge in [0.15, 0.2) is 11.5 Å². The molecule has 0 saturated carbocycles. The van der Waals surface area contributed by atoms with Gasteiger partial charge in [0.25, 0.3) is 0 Å². The summed E-state index contributed by atoms with van der Waals surface area (Å²) in [4.78, 5) is 0. The molecule has 0 radical (unpaired) electrons. The van der Waals surface area contributed by atoms with Gasteiger partial charge in [-0.2, -0.15) is 0 Å². The first-order chi connectivity index (χ1) is 11.3. The summed E-state index contributed by atoms with van der Waals surface area (Å²) in [5.74, 6) is 2.06. The lowest BCUT2D eigenvalue weighted by Crippen LogP contribution is -2.33. The van der Waals surface area contributed by atoms with Crippen LogP contribution in [0.25, 0.3) is 0 Å². The summed E-state index contributed by atoms with van der Waals surface area (Å²) in [6.07, 6.45) is -0.987. The van der Waals surface area contributed by atoms with Gasteiger partial charge < -0.3 is 24.7 Å². The topological polar surface area (TPSA) is 104 Å². The zero-order valence-corrected chi connectivity index (χ0v) is 15.5. The van der Waals surface area contributed by atoms with Crippen LogP contribution in [0.4, 0.5) is 0 Å². The normalized spacial score (nSPS) is 15.8. The van der Waals surface area contributed by atoms with Crippen molar-refractivity contribution < 1.29 is 19.0 Å². The van der Waals surface area contributed by atoms with Crippen LogP contribution in [0.5, 0.6) is 11.5 Å². The van der Waals surface area contributed by atoms with Crippen molar-refractivity contribution in [3.8, 4) is 11.5 Å². The Bertz CT molecular complexity index is 732. The summed E-state index contributed by atoms with van der Waals surface area (Å²) in [6, 6.07) is 5.24. The highest BCUT2D eigenvalue weighted by molar-refractivity contribution is 5.85. The number of fused-ring (bicyclic) bond motifs is 1. The van der Waals surface area contributed by atoms with Crippen LogP contribution in [0.15, 0.2) is 22.6 Å². The summed E-state index contributed by atoms with van der Waals surface area (Å²) in [5.41, 5.74) is 6.38. The molecule has 1 aliphatic rings. The number of aliphatic hydroxyl groups is 1. The molecule has 1 aromatic carbocycles. The zero-order chi connectivity index (χ0) is 17.5. The molecule has 2 aromatic rings. The Labute approximate surface area is 152 Å². The summed E-state index contributed by atoms with van der Waals surface area (Å²) in [5, 5.41) is 18.4. The molecule has 7 nitrogen and oxygen atoms in total. The molecule has 0 spiro atoms. The van der Waals surface area contributed by atoms with Crippen LogP contribution in [-0.4, -0.2) is 28.1 Å². The highest BCUT2D eigenvalue weighted by atomic mass is 35.5. The van der Waals surface area contributed by atoms with E-state index in [1.807, 2.05) is 45.9 Å². The Morgan fingerprint density at radius 2 is 1.84 bits per heavy atom. The van der Waals surface area contributed by atoms with Crippen LogP contribution >= 0.6 is 12.4 Å². The largest absolute Gasteiger partial charge is 0.454 e. The molecule has 0 bridgehead atoms. The molecule has 0 fully saturated rings. The fourth-order valence-electron chi connectivity index (χ4n) is 2.54. The number of ether oxygens (including phenoxy) is 2. The van der Waals surface area contributed by atoms with Gasteiger partial charge in [0.2, 0.25) is 18.6 Å². The average Bonchev–Trinajstić information content (AvgIpc) is 3.21. The van der Waals surface area contributed by atoms with Crippen LogP contribution in [0, 0.1) is 5.92 Å². The van der Waals surface area contributed by atoms with Crippen LogP contribution < -0.4 is 15.2 Å². The van der Waals surface area contributed by atoms with Crippen molar-refractivity contribution in [2.45, 2.75) is 45.3 Å². The summed E-state index contributed by atoms with van der Waals surface area (Å²) < 4.78 is 16.5. The van der Waals surface area contributed by atoms with E-state index < -0.39 is 17.6 Å². The lowest BCUT2D eigenvalue weighted by Gasteiger charge is -2.22. The van der Waals surface area contributed by atoms with Gasteiger partial charge in [-0.15, -0.1) is 22.6 Å². The number of nitrogens with two attached hydrogens (primary N) is 1. The molecule has 3 rings (SSSR count). The van der Waals surface area contributed by atoms with E-state index in [-0.39, 0.29) is 31.0 Å². The first-order valence-corrected chi connectivity index (χ1v) is 7.98. The van der Waals surface area contributed by atoms with Gasteiger partial charge in [0.05, 0.1) is 5.41 Å². The van der Waals surface area contributed by atoms with Crippen LogP contribution in [0.2, 0.25) is 0 Å². The minimum absolute atomic E-state index is 0. The fraction of sp³-hybridized carbons (Fsp3) is 0.529. The molecule has 2 atom stereocenters. The summed E-state index contributed by atoms with van der Waals surface area (Å²) >= 11 is 0. The van der Waals surface area contributed by atoms with E-state index in [1.165, 1.54) is 0 Å². The van der Waals surface area contributed by atoms with Gasteiger partial charge in [-0.3, -0.25) is 0 Å². The van der Waals surface area contributed by atoms with Crippen molar-refractivity contribution in [2.24, 2.45) is 11.7 Å². The molecule has 8 heteroatoms. The molecule has 25 heavy (non-hydrogen) atoms. The second kappa shape index (κ2) is 7.19. The van der Waals surface area contributed by atoms with Gasteiger partial charge in [-0.1, -0.05) is 19.9 Å². The SMILES string of the molecule is CC(C)C(N)C(O)c1nnc(C(C)(C)c2ccc3c(c2)OCO3)o1.Cl. The van der Waals surface area contributed by atoms with Gasteiger partial charge in [-0.25, -0.2) is 0 Å². The van der Waals surface area contributed by atoms with Crippen LogP contribution in [0.3, 0.4) is 0 Å². The second-order valence-corrected chi connectivity index (χ2v) is 6.90. The Kier molecular flexibility index (Phi) is 5.61. The number of rotatable bonds is 5. The summed E-state index contributed by atoms with van der Waals surface area (Å²) in [7, 11) is 0. The Hall–Kier alpha value is -1.83. The smallest absolute Gasteiger partial charge is 0.246 e. The van der Waals surface area contributed by atoms with E-state index in [9.17, 15) is 5.11 Å². The predicted molar refractivity (Wildman–Crippen MR) is 94.0 cm³/mol. The number of benzene rings is 1. The highest BCUT2D eigenvalue weighted by Crippen LogP contribution is 2.39. The standard InChI is InChI=1S/C17H23N3O4.ClH/c1-9(2)13(18)14(21)15-19-20-16(24-15)17(3,4)10-5-6-11-12(7-10)23-8-22-11;/h5-7,9,13-14,21H,8,18H2,1-4H3;1H. The Morgan fingerprint density at radius 3 is 2.52 bits per heavy atom. The minimum atomic E-state index is -0.987. The third-order valence-corrected chi connectivity index (χ3v) is 4.46. The van der Waals surface area contributed by atoms with E-state index in [0.717, 1.165) is 11.3 Å². The maximum absolute atomic E-state index is 10.3. The van der Waals surface area contributed by atoms with E-state index >= 15 is 0 Å². The zero-order valence-electron chi connectivity index (χ0n) is 14.7. The molecular weight excluding hydrogens is 346 g/mol. The van der Waals surface area contributed by atoms with Crippen molar-refractivity contribution in [1.82, 2.24) is 10.2 Å². The molecular formula is C17H24ClN3O4. The first kappa shape index (κ1) is 19.5. The van der Waals surface area contributed by atoms with E-state index in [4.69, 9.17) is 19.6 Å². The number of aromatic nitrogens is 2. The maximum atomic E-state index is 10.3. The van der Waals surface area contributed by atoms with Crippen molar-refractivity contribution in [3.05, 3.63) is 35.5 Å². The Balaban J connectivity index is 0.00000225. The minimum Gasteiger partial charge on any atom is -0.454 e. The quantitative estimate of drug-likeness (QED) is 0.834. The van der Waals surface area contributed by atoms with E-state index in [2.05, 4.69) is 10.2 Å². The molecule has 1 aliphatic heterocycles. The third-order valence-electron chi connectivity index (χ3n) is 4.46. The monoisotopic (exact) mass is 369 g/mol. The maximum Gasteiger partial charge on any atom is 0.246 e. The average molecular weight is 370 g/mol. The van der Waals surface area contributed by atoms with Gasteiger partial charge >= 0.3 is 0 Å². The molecule has 138 valence electrons. The molecule has 2 unspecified atom stereocenters. The first-order valence-electron chi connectivity index (χ1n) is 7.98. The number of hydrogen-bond acceptors (Lipinski definition) is 7. The number of nitrogens with zero attached hydrogens (tertiary/aromatic N) is 2. The van der Waals surface area contributed by atoms with Gasteiger partial charge in [0, 0.05) is 6.04 Å². The molecule has 0 saturated heterocycles. The fourth-order valence-corrected chi connectivity index (χ4v) is 2.54. The van der Waals surface area contributed by atoms with Gasteiger partial charge in [-0.05, 0) is 37.5 Å². The van der Waals surface area contributed by atoms with Crippen molar-refractivity contribution in [3.63, 3.8) is 0 Å². The number of halogens is 1. The second-order valence-electron chi connectivity index (χ2n) is 6.90. The lowest BCUT2D eigenvalue weighted by atomic mass is 9.84. The number of aliphatic hydroxyl groups excluding tert-OH is 1. The molecule has 3 N–H and O–H groups in total. The van der Waals surface area contributed by atoms with E-state index in [1.54, 1.807) is 0 Å². The van der Waals surface area contributed by atoms with Crippen molar-refractivity contribution in [1.29, 1.82) is 0 Å². The highest BCUT2D eigenvalue weighted by Gasteiger charge is 2.33. The van der Waals surface area contributed by atoms with Crippen LogP contribution in [-0.2, 0) is 5.41 Å². The Morgan fingerprint density at radius 1 is 1.16 bits per heavy atom. The summed E-state index contributed by atoms with van der Waals surface area (Å²) in [6.45, 7) is 8.03. The molecule has 0 aliphatic carbocycles. The molecule has 0 amide bonds. The van der Waals surface area contributed by atoms with Crippen molar-refractivity contribution >= 4 is 12.4 Å².